The fourth-order valence-corrected chi connectivity index (χ4v) is 1.39. The van der Waals surface area contributed by atoms with Gasteiger partial charge in [-0.1, -0.05) is 13.0 Å². The number of methoxy groups -OCH3 is 1. The van der Waals surface area contributed by atoms with E-state index in [1.165, 1.54) is 25.3 Å². The van der Waals surface area contributed by atoms with Crippen molar-refractivity contribution in [3.63, 3.8) is 0 Å². The summed E-state index contributed by atoms with van der Waals surface area (Å²) in [7, 11) is 1.23. The second kappa shape index (κ2) is 6.26. The molecule has 0 unspecified atom stereocenters. The molecule has 0 saturated heterocycles. The van der Waals surface area contributed by atoms with Gasteiger partial charge in [0.2, 0.25) is 0 Å². The summed E-state index contributed by atoms with van der Waals surface area (Å²) in [5, 5.41) is 2.77. The molecular formula is C13H14F3NO2. The summed E-state index contributed by atoms with van der Waals surface area (Å²) < 4.78 is 42.1. The number of anilines is 1. The average molecular weight is 273 g/mol. The van der Waals surface area contributed by atoms with Crippen molar-refractivity contribution in [2.75, 3.05) is 12.4 Å². The second-order valence-electron chi connectivity index (χ2n) is 3.75. The SMILES string of the molecule is CC/C(=C\C(=O)OC)Nc1cccc(C(F)(F)F)c1. The maximum Gasteiger partial charge on any atom is 0.416 e. The Morgan fingerprint density at radius 1 is 1.42 bits per heavy atom. The van der Waals surface area contributed by atoms with Crippen molar-refractivity contribution in [2.24, 2.45) is 0 Å². The minimum Gasteiger partial charge on any atom is -0.466 e. The smallest absolute Gasteiger partial charge is 0.416 e. The molecule has 3 nitrogen and oxygen atoms in total. The lowest BCUT2D eigenvalue weighted by Crippen LogP contribution is -2.07. The number of hydrogen-bond donors (Lipinski definition) is 1. The first-order valence-corrected chi connectivity index (χ1v) is 5.59. The number of esters is 1. The molecule has 1 aromatic rings. The molecule has 1 aromatic carbocycles. The predicted octanol–water partition coefficient (Wildman–Crippen LogP) is 3.58. The van der Waals surface area contributed by atoms with Crippen LogP contribution in [-0.4, -0.2) is 13.1 Å². The number of benzene rings is 1. The summed E-state index contributed by atoms with van der Waals surface area (Å²) in [4.78, 5) is 11.1. The Balaban J connectivity index is 2.93. The minimum absolute atomic E-state index is 0.270. The molecule has 1 N–H and O–H groups in total. The number of nitrogens with one attached hydrogen (secondary N) is 1. The molecule has 0 amide bonds. The lowest BCUT2D eigenvalue weighted by Gasteiger charge is -2.12. The molecular weight excluding hydrogens is 259 g/mol. The summed E-state index contributed by atoms with van der Waals surface area (Å²) >= 11 is 0. The van der Waals surface area contributed by atoms with Crippen LogP contribution in [0.3, 0.4) is 0 Å². The van der Waals surface area contributed by atoms with Gasteiger partial charge in [-0.05, 0) is 24.6 Å². The molecule has 19 heavy (non-hydrogen) atoms. The van der Waals surface area contributed by atoms with Gasteiger partial charge in [0.1, 0.15) is 0 Å². The highest BCUT2D eigenvalue weighted by Gasteiger charge is 2.30. The maximum absolute atomic E-state index is 12.5. The molecule has 0 spiro atoms. The zero-order chi connectivity index (χ0) is 14.5. The van der Waals surface area contributed by atoms with Crippen molar-refractivity contribution < 1.29 is 22.7 Å². The number of alkyl halides is 3. The highest BCUT2D eigenvalue weighted by molar-refractivity contribution is 5.83. The summed E-state index contributed by atoms with van der Waals surface area (Å²) in [6, 6.07) is 4.77. The van der Waals surface area contributed by atoms with Gasteiger partial charge in [0.15, 0.2) is 0 Å². The van der Waals surface area contributed by atoms with E-state index in [1.807, 2.05) is 0 Å². The first-order chi connectivity index (χ1) is 8.86. The van der Waals surface area contributed by atoms with Gasteiger partial charge in [-0.25, -0.2) is 4.79 Å². The quantitative estimate of drug-likeness (QED) is 0.673. The van der Waals surface area contributed by atoms with Crippen molar-refractivity contribution in [1.29, 1.82) is 0 Å². The van der Waals surface area contributed by atoms with Gasteiger partial charge in [-0.15, -0.1) is 0 Å². The molecule has 6 heteroatoms. The van der Waals surface area contributed by atoms with E-state index in [9.17, 15) is 18.0 Å². The summed E-state index contributed by atoms with van der Waals surface area (Å²) in [6.45, 7) is 1.77. The van der Waals surface area contributed by atoms with Crippen molar-refractivity contribution >= 4 is 11.7 Å². The maximum atomic E-state index is 12.5. The Morgan fingerprint density at radius 3 is 2.63 bits per heavy atom. The van der Waals surface area contributed by atoms with Crippen molar-refractivity contribution in [3.05, 3.63) is 41.6 Å². The number of allylic oxidation sites excluding steroid dienone is 1. The van der Waals surface area contributed by atoms with E-state index in [4.69, 9.17) is 0 Å². The molecule has 0 aliphatic carbocycles. The third-order valence-electron chi connectivity index (χ3n) is 2.37. The molecule has 0 atom stereocenters. The van der Waals surface area contributed by atoms with Crippen molar-refractivity contribution in [2.45, 2.75) is 19.5 Å². The minimum atomic E-state index is -4.39. The molecule has 0 aromatic heterocycles. The Morgan fingerprint density at radius 2 is 2.11 bits per heavy atom. The van der Waals surface area contributed by atoms with E-state index in [0.29, 0.717) is 12.1 Å². The average Bonchev–Trinajstić information content (AvgIpc) is 2.37. The Bertz CT molecular complexity index is 481. The van der Waals surface area contributed by atoms with Gasteiger partial charge < -0.3 is 10.1 Å². The van der Waals surface area contributed by atoms with Crippen LogP contribution in [0.25, 0.3) is 0 Å². The number of carbonyl (C=O) groups excluding carboxylic acids is 1. The van der Waals surface area contributed by atoms with Crippen LogP contribution in [0.4, 0.5) is 18.9 Å². The number of halogens is 3. The number of carbonyl (C=O) groups is 1. The van der Waals surface area contributed by atoms with Gasteiger partial charge >= 0.3 is 12.1 Å². The van der Waals surface area contributed by atoms with Crippen LogP contribution in [0.15, 0.2) is 36.0 Å². The van der Waals surface area contributed by atoms with Crippen LogP contribution in [0, 0.1) is 0 Å². The van der Waals surface area contributed by atoms with Gasteiger partial charge in [0.05, 0.1) is 12.7 Å². The molecule has 0 heterocycles. The van der Waals surface area contributed by atoms with Gasteiger partial charge in [-0.3, -0.25) is 0 Å². The second-order valence-corrected chi connectivity index (χ2v) is 3.75. The third-order valence-corrected chi connectivity index (χ3v) is 2.37. The first-order valence-electron chi connectivity index (χ1n) is 5.59. The topological polar surface area (TPSA) is 38.3 Å². The van der Waals surface area contributed by atoms with Gasteiger partial charge in [-0.2, -0.15) is 13.2 Å². The molecule has 104 valence electrons. The zero-order valence-corrected chi connectivity index (χ0v) is 10.5. The predicted molar refractivity (Wildman–Crippen MR) is 65.5 cm³/mol. The monoisotopic (exact) mass is 273 g/mol. The molecule has 1 rings (SSSR count). The Hall–Kier alpha value is -1.98. The van der Waals surface area contributed by atoms with Crippen molar-refractivity contribution in [3.8, 4) is 0 Å². The third kappa shape index (κ3) is 4.65. The molecule has 0 bridgehead atoms. The van der Waals surface area contributed by atoms with E-state index in [0.717, 1.165) is 12.1 Å². The molecule has 0 fully saturated rings. The van der Waals surface area contributed by atoms with Crippen LogP contribution in [0.2, 0.25) is 0 Å². The summed E-state index contributed by atoms with van der Waals surface area (Å²) in [6.07, 6.45) is -2.72. The van der Waals surface area contributed by atoms with E-state index in [2.05, 4.69) is 10.1 Å². The summed E-state index contributed by atoms with van der Waals surface area (Å²) in [5.41, 5.74) is 0.00373. The van der Waals surface area contributed by atoms with E-state index in [-0.39, 0.29) is 5.69 Å². The highest BCUT2D eigenvalue weighted by atomic mass is 19.4. The summed E-state index contributed by atoms with van der Waals surface area (Å²) in [5.74, 6) is -0.559. The normalized spacial score (nSPS) is 12.2. The largest absolute Gasteiger partial charge is 0.466 e. The van der Waals surface area contributed by atoms with Crippen LogP contribution < -0.4 is 5.32 Å². The standard InChI is InChI=1S/C13H14F3NO2/c1-3-10(8-12(18)19-2)17-11-6-4-5-9(7-11)13(14,15)16/h4-8,17H,3H2,1-2H3/b10-8+. The Labute approximate surface area is 109 Å². The van der Waals surface area contributed by atoms with Crippen LogP contribution in [-0.2, 0) is 15.7 Å². The van der Waals surface area contributed by atoms with Crippen LogP contribution in [0.1, 0.15) is 18.9 Å². The molecule has 0 aliphatic heterocycles. The number of hydrogen-bond acceptors (Lipinski definition) is 3. The van der Waals surface area contributed by atoms with Crippen LogP contribution in [0.5, 0.6) is 0 Å². The lowest BCUT2D eigenvalue weighted by atomic mass is 10.2. The number of rotatable bonds is 4. The first kappa shape index (κ1) is 15.1. The Kier molecular flexibility index (Phi) is 4.97. The van der Waals surface area contributed by atoms with E-state index >= 15 is 0 Å². The molecule has 0 saturated carbocycles. The molecule has 0 aliphatic rings. The fourth-order valence-electron chi connectivity index (χ4n) is 1.39. The van der Waals surface area contributed by atoms with E-state index < -0.39 is 17.7 Å². The number of ether oxygens (including phenoxy) is 1. The molecule has 0 radical (unpaired) electrons. The van der Waals surface area contributed by atoms with Gasteiger partial charge in [0, 0.05) is 17.5 Å². The van der Waals surface area contributed by atoms with Crippen LogP contribution >= 0.6 is 0 Å². The zero-order valence-electron chi connectivity index (χ0n) is 10.5. The lowest BCUT2D eigenvalue weighted by molar-refractivity contribution is -0.137. The van der Waals surface area contributed by atoms with Crippen molar-refractivity contribution in [1.82, 2.24) is 0 Å². The van der Waals surface area contributed by atoms with Gasteiger partial charge in [0.25, 0.3) is 0 Å². The van der Waals surface area contributed by atoms with E-state index in [1.54, 1.807) is 6.92 Å². The highest BCUT2D eigenvalue weighted by Crippen LogP contribution is 2.30. The fraction of sp³-hybridized carbons (Fsp3) is 0.308.